The lowest BCUT2D eigenvalue weighted by molar-refractivity contribution is 0.726. The van der Waals surface area contributed by atoms with Crippen molar-refractivity contribution in [1.82, 2.24) is 20.3 Å². The number of hydrogen-bond acceptors (Lipinski definition) is 6. The molecule has 2 aromatic rings. The Bertz CT molecular complexity index is 800. The summed E-state index contributed by atoms with van der Waals surface area (Å²) in [6, 6.07) is 6.09. The quantitative estimate of drug-likeness (QED) is 0.726. The summed E-state index contributed by atoms with van der Waals surface area (Å²) in [7, 11) is 0. The van der Waals surface area contributed by atoms with Crippen LogP contribution in [0.2, 0.25) is 0 Å². The normalized spacial score (nSPS) is 17.1. The van der Waals surface area contributed by atoms with Crippen LogP contribution in [0.25, 0.3) is 0 Å². The maximum atomic E-state index is 5.48. The Balaban J connectivity index is 1.48. The Kier molecular flexibility index (Phi) is 6.71. The summed E-state index contributed by atoms with van der Waals surface area (Å²) in [6.07, 6.45) is 11.1. The van der Waals surface area contributed by atoms with E-state index in [2.05, 4.69) is 31.5 Å². The highest BCUT2D eigenvalue weighted by atomic mass is 32.1. The van der Waals surface area contributed by atoms with Gasteiger partial charge in [-0.15, -0.1) is 0 Å². The van der Waals surface area contributed by atoms with Crippen LogP contribution in [0.15, 0.2) is 30.6 Å². The molecule has 2 aromatic heterocycles. The Morgan fingerprint density at radius 2 is 1.55 bits per heavy atom. The van der Waals surface area contributed by atoms with E-state index in [4.69, 9.17) is 22.2 Å². The zero-order chi connectivity index (χ0) is 19.9. The number of anilines is 3. The summed E-state index contributed by atoms with van der Waals surface area (Å²) in [6.45, 7) is 4.84. The van der Waals surface area contributed by atoms with Crippen LogP contribution < -0.4 is 20.4 Å². The number of nitrogens with zero attached hydrogens (tertiary/aromatic N) is 5. The Morgan fingerprint density at radius 3 is 2.14 bits per heavy atom. The average molecular weight is 412 g/mol. The number of aromatic nitrogens is 3. The fourth-order valence-corrected chi connectivity index (χ4v) is 4.04. The van der Waals surface area contributed by atoms with Gasteiger partial charge in [-0.25, -0.2) is 0 Å². The predicted molar refractivity (Wildman–Crippen MR) is 121 cm³/mol. The predicted octanol–water partition coefficient (Wildman–Crippen LogP) is 3.34. The maximum Gasteiger partial charge on any atom is 0.232 e. The first-order valence-corrected chi connectivity index (χ1v) is 11.0. The monoisotopic (exact) mass is 411 g/mol. The third kappa shape index (κ3) is 5.53. The van der Waals surface area contributed by atoms with Crippen LogP contribution in [0.5, 0.6) is 0 Å². The molecule has 0 saturated carbocycles. The van der Waals surface area contributed by atoms with Gasteiger partial charge < -0.3 is 20.4 Å². The smallest absolute Gasteiger partial charge is 0.232 e. The minimum Gasteiger partial charge on any atom is -0.358 e. The number of thiocarbonyl (C=S) groups is 1. The standard InChI is InChI=1S/C21H29N7S/c29-21(23-16-17-8-7-9-22-15-17)26-20-24-18(27-10-3-1-2-4-11-27)14-19(25-20)28-12-5-6-13-28/h7-9,14-15H,1-6,10-13,16H2,(H2,23,24,25,26,29). The van der Waals surface area contributed by atoms with Gasteiger partial charge in [0.2, 0.25) is 5.95 Å². The zero-order valence-corrected chi connectivity index (χ0v) is 17.6. The molecule has 29 heavy (non-hydrogen) atoms. The molecule has 0 atom stereocenters. The molecule has 2 N–H and O–H groups in total. The highest BCUT2D eigenvalue weighted by molar-refractivity contribution is 7.80. The molecule has 4 heterocycles. The first-order chi connectivity index (χ1) is 14.3. The van der Waals surface area contributed by atoms with Gasteiger partial charge in [-0.05, 0) is 49.5 Å². The van der Waals surface area contributed by atoms with Crippen molar-refractivity contribution in [1.29, 1.82) is 0 Å². The van der Waals surface area contributed by atoms with Gasteiger partial charge in [-0.1, -0.05) is 18.9 Å². The van der Waals surface area contributed by atoms with E-state index in [1.807, 2.05) is 18.3 Å². The van der Waals surface area contributed by atoms with Gasteiger partial charge in [0, 0.05) is 51.2 Å². The lowest BCUT2D eigenvalue weighted by Gasteiger charge is -2.25. The molecular formula is C21H29N7S. The van der Waals surface area contributed by atoms with Crippen molar-refractivity contribution in [2.24, 2.45) is 0 Å². The summed E-state index contributed by atoms with van der Waals surface area (Å²) in [5.74, 6) is 2.56. The summed E-state index contributed by atoms with van der Waals surface area (Å²) in [4.78, 5) is 18.4. The molecule has 2 saturated heterocycles. The van der Waals surface area contributed by atoms with Crippen molar-refractivity contribution in [3.05, 3.63) is 36.2 Å². The summed E-state index contributed by atoms with van der Waals surface area (Å²) < 4.78 is 0. The molecule has 0 radical (unpaired) electrons. The Labute approximate surface area is 177 Å². The molecular weight excluding hydrogens is 382 g/mol. The molecule has 0 spiro atoms. The lowest BCUT2D eigenvalue weighted by Crippen LogP contribution is -2.31. The van der Waals surface area contributed by atoms with Gasteiger partial charge >= 0.3 is 0 Å². The highest BCUT2D eigenvalue weighted by Gasteiger charge is 2.19. The van der Waals surface area contributed by atoms with Crippen molar-refractivity contribution in [3.63, 3.8) is 0 Å². The van der Waals surface area contributed by atoms with Crippen molar-refractivity contribution >= 4 is 34.9 Å². The van der Waals surface area contributed by atoms with Gasteiger partial charge in [-0.2, -0.15) is 9.97 Å². The minimum absolute atomic E-state index is 0.522. The summed E-state index contributed by atoms with van der Waals surface area (Å²) in [5.41, 5.74) is 1.08. The molecule has 154 valence electrons. The SMILES string of the molecule is S=C(NCc1cccnc1)Nc1nc(N2CCCCCC2)cc(N2CCCC2)n1. The zero-order valence-electron chi connectivity index (χ0n) is 16.8. The van der Waals surface area contributed by atoms with Crippen molar-refractivity contribution in [2.75, 3.05) is 41.3 Å². The second kappa shape index (κ2) is 9.82. The van der Waals surface area contributed by atoms with Crippen LogP contribution in [-0.4, -0.2) is 46.2 Å². The first-order valence-electron chi connectivity index (χ1n) is 10.6. The van der Waals surface area contributed by atoms with Crippen LogP contribution >= 0.6 is 12.2 Å². The van der Waals surface area contributed by atoms with Crippen molar-refractivity contribution in [3.8, 4) is 0 Å². The number of rotatable bonds is 5. The molecule has 0 aromatic carbocycles. The third-order valence-corrected chi connectivity index (χ3v) is 5.71. The maximum absolute atomic E-state index is 5.48. The van der Waals surface area contributed by atoms with Gasteiger partial charge in [0.05, 0.1) is 0 Å². The summed E-state index contributed by atoms with van der Waals surface area (Å²) in [5, 5.41) is 6.94. The van der Waals surface area contributed by atoms with Crippen LogP contribution in [-0.2, 0) is 6.54 Å². The van der Waals surface area contributed by atoms with Crippen LogP contribution in [0, 0.1) is 0 Å². The number of pyridine rings is 1. The van der Waals surface area contributed by atoms with Gasteiger partial charge in [0.1, 0.15) is 11.6 Å². The van der Waals surface area contributed by atoms with Crippen molar-refractivity contribution < 1.29 is 0 Å². The average Bonchev–Trinajstić information content (AvgIpc) is 3.15. The van der Waals surface area contributed by atoms with Gasteiger partial charge in [0.15, 0.2) is 5.11 Å². The highest BCUT2D eigenvalue weighted by Crippen LogP contribution is 2.26. The molecule has 0 aliphatic carbocycles. The van der Waals surface area contributed by atoms with E-state index in [9.17, 15) is 0 Å². The van der Waals surface area contributed by atoms with Crippen molar-refractivity contribution in [2.45, 2.75) is 45.1 Å². The minimum atomic E-state index is 0.522. The second-order valence-electron chi connectivity index (χ2n) is 7.67. The van der Waals surface area contributed by atoms with E-state index in [0.29, 0.717) is 17.6 Å². The van der Waals surface area contributed by atoms with Gasteiger partial charge in [-0.3, -0.25) is 4.98 Å². The van der Waals surface area contributed by atoms with E-state index < -0.39 is 0 Å². The molecule has 8 heteroatoms. The van der Waals surface area contributed by atoms with Crippen LogP contribution in [0.3, 0.4) is 0 Å². The Hall–Kier alpha value is -2.48. The molecule has 2 aliphatic rings. The lowest BCUT2D eigenvalue weighted by atomic mass is 10.2. The van der Waals surface area contributed by atoms with Crippen LogP contribution in [0.1, 0.15) is 44.1 Å². The topological polar surface area (TPSA) is 69.2 Å². The van der Waals surface area contributed by atoms with E-state index in [1.54, 1.807) is 6.20 Å². The number of hydrogen-bond donors (Lipinski definition) is 2. The van der Waals surface area contributed by atoms with Crippen LogP contribution in [0.4, 0.5) is 17.6 Å². The molecule has 2 fully saturated rings. The fourth-order valence-electron chi connectivity index (χ4n) is 3.88. The summed E-state index contributed by atoms with van der Waals surface area (Å²) >= 11 is 5.48. The fraction of sp³-hybridized carbons (Fsp3) is 0.524. The first kappa shape index (κ1) is 19.8. The molecule has 7 nitrogen and oxygen atoms in total. The second-order valence-corrected chi connectivity index (χ2v) is 8.08. The van der Waals surface area contributed by atoms with Gasteiger partial charge in [0.25, 0.3) is 0 Å². The Morgan fingerprint density at radius 1 is 0.931 bits per heavy atom. The number of nitrogens with one attached hydrogen (secondary N) is 2. The molecule has 0 amide bonds. The van der Waals surface area contributed by atoms with E-state index in [-0.39, 0.29) is 0 Å². The third-order valence-electron chi connectivity index (χ3n) is 5.46. The molecule has 4 rings (SSSR count). The largest absolute Gasteiger partial charge is 0.358 e. The van der Waals surface area contributed by atoms with E-state index in [0.717, 1.165) is 43.4 Å². The van der Waals surface area contributed by atoms with E-state index in [1.165, 1.54) is 38.5 Å². The molecule has 0 bridgehead atoms. The van der Waals surface area contributed by atoms with E-state index >= 15 is 0 Å². The molecule has 0 unspecified atom stereocenters. The molecule has 2 aliphatic heterocycles.